The fraction of sp³-hybridized carbons (Fsp3) is 0.431. The zero-order valence-electron chi connectivity index (χ0n) is 37.6. The summed E-state index contributed by atoms with van der Waals surface area (Å²) in [6.45, 7) is 23.8. The summed E-state index contributed by atoms with van der Waals surface area (Å²) in [6.07, 6.45) is 12.2. The fourth-order valence-electron chi connectivity index (χ4n) is 8.85. The van der Waals surface area contributed by atoms with Crippen molar-refractivity contribution < 1.29 is 9.13 Å². The summed E-state index contributed by atoms with van der Waals surface area (Å²) in [7, 11) is 0. The molecule has 7 nitrogen and oxygen atoms in total. The lowest BCUT2D eigenvalue weighted by atomic mass is 9.98. The summed E-state index contributed by atoms with van der Waals surface area (Å²) in [4.78, 5) is 20.8. The van der Waals surface area contributed by atoms with E-state index >= 15 is 0 Å². The number of aryl methyl sites for hydroxylation is 8. The number of unbranched alkanes of at least 4 members (excludes halogenated alkanes) is 2. The number of fused-ring (bicyclic) bond motifs is 1. The number of aromatic nitrogens is 4. The topological polar surface area (TPSA) is 59.3 Å². The van der Waals surface area contributed by atoms with Gasteiger partial charge < -0.3 is 14.5 Å². The Bertz CT molecular complexity index is 2600. The Labute approximate surface area is 371 Å². The van der Waals surface area contributed by atoms with E-state index < -0.39 is 0 Å². The first-order valence-corrected chi connectivity index (χ1v) is 23.0. The van der Waals surface area contributed by atoms with Gasteiger partial charge in [-0.25, -0.2) is 19.3 Å². The number of rotatable bonds is 17. The van der Waals surface area contributed by atoms with Crippen LogP contribution in [0.5, 0.6) is 5.75 Å². The van der Waals surface area contributed by atoms with Crippen molar-refractivity contribution in [2.45, 2.75) is 114 Å². The van der Waals surface area contributed by atoms with Crippen molar-refractivity contribution in [3.8, 4) is 35.0 Å². The molecule has 1 aliphatic carbocycles. The van der Waals surface area contributed by atoms with E-state index in [1.807, 2.05) is 25.1 Å². The molecule has 3 aromatic carbocycles. The summed E-state index contributed by atoms with van der Waals surface area (Å²) in [5, 5.41) is 2.55. The maximum atomic E-state index is 14.8. The van der Waals surface area contributed by atoms with Crippen LogP contribution < -0.4 is 14.5 Å². The van der Waals surface area contributed by atoms with Gasteiger partial charge in [-0.1, -0.05) is 60.2 Å². The van der Waals surface area contributed by atoms with Gasteiger partial charge in [0.2, 0.25) is 0 Å². The monoisotopic (exact) mass is 858 g/mol. The van der Waals surface area contributed by atoms with E-state index in [1.165, 1.54) is 46.5 Å². The molecule has 3 heterocycles. The lowest BCUT2D eigenvalue weighted by molar-refractivity contribution is 0.303. The van der Waals surface area contributed by atoms with Crippen molar-refractivity contribution in [2.75, 3.05) is 36.0 Å². The van der Waals surface area contributed by atoms with Crippen LogP contribution in [0.1, 0.15) is 107 Å². The molecule has 3 aromatic heterocycles. The van der Waals surface area contributed by atoms with E-state index in [-0.39, 0.29) is 11.9 Å². The van der Waals surface area contributed by atoms with Crippen molar-refractivity contribution in [1.29, 1.82) is 0 Å². The quantitative estimate of drug-likeness (QED) is 0.0673. The van der Waals surface area contributed by atoms with E-state index in [9.17, 15) is 4.39 Å². The molecule has 0 aliphatic heterocycles. The number of hydrogen-bond acceptors (Lipinski definition) is 7. The van der Waals surface area contributed by atoms with Crippen LogP contribution in [0.15, 0.2) is 42.5 Å². The maximum absolute atomic E-state index is 14.8. The number of ether oxygens (including phenoxy) is 1. The van der Waals surface area contributed by atoms with Crippen LogP contribution >= 0.6 is 22.9 Å². The van der Waals surface area contributed by atoms with Gasteiger partial charge in [0.1, 0.15) is 23.2 Å². The molecule has 10 heteroatoms. The number of halogens is 2. The Kier molecular flexibility index (Phi) is 13.5. The normalized spacial score (nSPS) is 13.2. The van der Waals surface area contributed by atoms with Gasteiger partial charge in [0.05, 0.1) is 41.0 Å². The van der Waals surface area contributed by atoms with Gasteiger partial charge >= 0.3 is 0 Å². The van der Waals surface area contributed by atoms with Gasteiger partial charge in [0.15, 0.2) is 10.8 Å². The van der Waals surface area contributed by atoms with Gasteiger partial charge in [-0.3, -0.25) is 4.57 Å². The Morgan fingerprint density at radius 3 is 2.33 bits per heavy atom. The summed E-state index contributed by atoms with van der Waals surface area (Å²) in [6, 6.07) is 14.0. The molecule has 1 fully saturated rings. The smallest absolute Gasteiger partial charge is 0.187 e. The highest BCUT2D eigenvalue weighted by atomic mass is 35.5. The number of benzene rings is 3. The molecule has 1 atom stereocenters. The molecule has 0 spiro atoms. The second-order valence-electron chi connectivity index (χ2n) is 17.1. The average Bonchev–Trinajstić information content (AvgIpc) is 3.91. The zero-order chi connectivity index (χ0) is 43.7. The minimum Gasteiger partial charge on any atom is -0.493 e. The van der Waals surface area contributed by atoms with Crippen LogP contribution in [0.25, 0.3) is 28.0 Å². The molecule has 6 aromatic rings. The standard InChI is InChI=1S/C51H60ClFN6OS/c1-12-21-58(44(27-39-18-19-39)40-20-17-31(4)43(53)28-40)51-56-47(37(10)61-51)41-26-32(5)45(29-42(41)52)60-23-16-14-15-22-57(13-2)49-46-35(8)36(9)59(50(46)55-38(11)54-49)48-33(6)24-30(3)25-34(48)7/h1,17,20,24-26,28-29,39,44H,13-16,18-19,21-23,27H2,2-11H3/t44-/m0/s1. The van der Waals surface area contributed by atoms with Gasteiger partial charge in [-0.2, -0.15) is 0 Å². The number of anilines is 2. The maximum Gasteiger partial charge on any atom is 0.187 e. The molecule has 320 valence electrons. The predicted molar refractivity (Wildman–Crippen MR) is 254 cm³/mol. The molecule has 61 heavy (non-hydrogen) atoms. The van der Waals surface area contributed by atoms with Gasteiger partial charge in [0.25, 0.3) is 0 Å². The van der Waals surface area contributed by atoms with Crippen LogP contribution in [0.4, 0.5) is 15.3 Å². The zero-order valence-corrected chi connectivity index (χ0v) is 39.2. The molecule has 0 saturated heterocycles. The highest BCUT2D eigenvalue weighted by Crippen LogP contribution is 2.45. The Hall–Kier alpha value is -4.91. The second-order valence-corrected chi connectivity index (χ2v) is 18.7. The van der Waals surface area contributed by atoms with Crippen LogP contribution in [-0.4, -0.2) is 45.8 Å². The summed E-state index contributed by atoms with van der Waals surface area (Å²) < 4.78 is 23.5. The van der Waals surface area contributed by atoms with Gasteiger partial charge in [-0.05, 0) is 152 Å². The molecule has 1 aliphatic rings. The van der Waals surface area contributed by atoms with E-state index in [0.717, 1.165) is 99.6 Å². The number of thiazole rings is 1. The minimum atomic E-state index is -0.196. The van der Waals surface area contributed by atoms with Crippen molar-refractivity contribution in [3.63, 3.8) is 0 Å². The highest BCUT2D eigenvalue weighted by molar-refractivity contribution is 7.16. The largest absolute Gasteiger partial charge is 0.493 e. The molecule has 1 saturated carbocycles. The van der Waals surface area contributed by atoms with E-state index in [4.69, 9.17) is 37.7 Å². The first-order chi connectivity index (χ1) is 29.2. The molecular weight excluding hydrogens is 799 g/mol. The van der Waals surface area contributed by atoms with Crippen LogP contribution in [0, 0.1) is 86.4 Å². The number of terminal acetylenes is 1. The first-order valence-electron chi connectivity index (χ1n) is 21.8. The third-order valence-corrected chi connectivity index (χ3v) is 13.7. The number of hydrogen-bond donors (Lipinski definition) is 0. The molecule has 0 bridgehead atoms. The summed E-state index contributed by atoms with van der Waals surface area (Å²) in [5.41, 5.74) is 12.6. The van der Waals surface area contributed by atoms with Gasteiger partial charge in [0, 0.05) is 29.2 Å². The van der Waals surface area contributed by atoms with Crippen molar-refractivity contribution in [1.82, 2.24) is 19.5 Å². The molecule has 0 radical (unpaired) electrons. The van der Waals surface area contributed by atoms with Crippen molar-refractivity contribution in [2.24, 2.45) is 5.92 Å². The molecule has 0 N–H and O–H groups in total. The van der Waals surface area contributed by atoms with E-state index in [1.54, 1.807) is 24.3 Å². The third kappa shape index (κ3) is 9.32. The molecule has 7 rings (SSSR count). The molecule has 0 amide bonds. The Morgan fingerprint density at radius 1 is 0.918 bits per heavy atom. The van der Waals surface area contributed by atoms with Gasteiger partial charge in [-0.15, -0.1) is 17.8 Å². The SMILES string of the molecule is C#CCN(c1nc(-c2cc(C)c(OCCCCCN(CC)c3nc(C)nc4c3c(C)c(C)n4-c3c(C)cc(C)cc3C)cc2Cl)c(C)s1)[C@@H](CC1CC1)c1ccc(C)c(F)c1. The van der Waals surface area contributed by atoms with Crippen LogP contribution in [-0.2, 0) is 0 Å². The van der Waals surface area contributed by atoms with Crippen molar-refractivity contribution in [3.05, 3.63) is 109 Å². The summed E-state index contributed by atoms with van der Waals surface area (Å²) in [5.74, 6) is 5.84. The third-order valence-electron chi connectivity index (χ3n) is 12.3. The van der Waals surface area contributed by atoms with E-state index in [2.05, 4.69) is 93.9 Å². The fourth-order valence-corrected chi connectivity index (χ4v) is 10.1. The Morgan fingerprint density at radius 2 is 1.66 bits per heavy atom. The highest BCUT2D eigenvalue weighted by Gasteiger charge is 2.32. The Balaban J connectivity index is 1.01. The van der Waals surface area contributed by atoms with Crippen molar-refractivity contribution >= 4 is 44.9 Å². The molecular formula is C51H60ClFN6OS. The average molecular weight is 860 g/mol. The summed E-state index contributed by atoms with van der Waals surface area (Å²) >= 11 is 8.61. The lowest BCUT2D eigenvalue weighted by Gasteiger charge is -2.31. The van der Waals surface area contributed by atoms with E-state index in [0.29, 0.717) is 29.7 Å². The van der Waals surface area contributed by atoms with Crippen LogP contribution in [0.2, 0.25) is 5.02 Å². The number of nitrogens with zero attached hydrogens (tertiary/aromatic N) is 6. The minimum absolute atomic E-state index is 0.0676. The van der Waals surface area contributed by atoms with Crippen LogP contribution in [0.3, 0.4) is 0 Å². The lowest BCUT2D eigenvalue weighted by Crippen LogP contribution is -2.29. The second kappa shape index (κ2) is 18.6. The first kappa shape index (κ1) is 44.2. The molecule has 0 unspecified atom stereocenters. The predicted octanol–water partition coefficient (Wildman–Crippen LogP) is 13.2.